The van der Waals surface area contributed by atoms with E-state index in [1.54, 1.807) is 24.3 Å². The number of carbonyl (C=O) groups excluding carboxylic acids is 2. The molecule has 2 N–H and O–H groups in total. The van der Waals surface area contributed by atoms with Crippen molar-refractivity contribution >= 4 is 29.3 Å². The van der Waals surface area contributed by atoms with Crippen LogP contribution in [-0.4, -0.2) is 18.0 Å². The molecule has 5 nitrogen and oxygen atoms in total. The molecule has 2 amide bonds. The van der Waals surface area contributed by atoms with Gasteiger partial charge in [0.1, 0.15) is 12.6 Å². The number of amides is 2. The third kappa shape index (κ3) is 6.08. The van der Waals surface area contributed by atoms with Crippen LogP contribution in [0.15, 0.2) is 54.6 Å². The number of nitrogens with one attached hydrogen (secondary N) is 2. The number of alkyl carbamates (subject to hydrolysis) is 1. The van der Waals surface area contributed by atoms with Crippen molar-refractivity contribution in [3.8, 4) is 0 Å². The maximum atomic E-state index is 12.6. The van der Waals surface area contributed by atoms with Crippen molar-refractivity contribution in [3.05, 3.63) is 65.2 Å². The number of hydrogen-bond donors (Lipinski definition) is 2. The van der Waals surface area contributed by atoms with E-state index < -0.39 is 12.1 Å². The van der Waals surface area contributed by atoms with E-state index >= 15 is 0 Å². The van der Waals surface area contributed by atoms with Crippen LogP contribution in [0.25, 0.3) is 0 Å². The molecule has 0 saturated carbocycles. The molecule has 2 atom stereocenters. The minimum atomic E-state index is -0.706. The van der Waals surface area contributed by atoms with Gasteiger partial charge in [0.2, 0.25) is 5.91 Å². The molecule has 0 fully saturated rings. The SMILES string of the molecule is CC[C@H](C)[C@H](NC(=O)OCc1ccccc1)C(=O)Nc1cccc(Cl)c1. The molecular weight excluding hydrogens is 352 g/mol. The Morgan fingerprint density at radius 1 is 1.12 bits per heavy atom. The van der Waals surface area contributed by atoms with Crippen LogP contribution in [0.2, 0.25) is 5.02 Å². The molecule has 0 heterocycles. The third-order valence-electron chi connectivity index (χ3n) is 4.07. The molecule has 0 unspecified atom stereocenters. The molecule has 0 aliphatic heterocycles. The molecule has 26 heavy (non-hydrogen) atoms. The molecule has 0 aliphatic carbocycles. The van der Waals surface area contributed by atoms with E-state index in [2.05, 4.69) is 10.6 Å². The highest BCUT2D eigenvalue weighted by molar-refractivity contribution is 6.30. The number of hydrogen-bond acceptors (Lipinski definition) is 3. The molecule has 2 aromatic rings. The first-order valence-electron chi connectivity index (χ1n) is 8.53. The van der Waals surface area contributed by atoms with Gasteiger partial charge in [0.15, 0.2) is 0 Å². The first kappa shape index (κ1) is 19.8. The van der Waals surface area contributed by atoms with Crippen molar-refractivity contribution in [3.63, 3.8) is 0 Å². The third-order valence-corrected chi connectivity index (χ3v) is 4.31. The van der Waals surface area contributed by atoms with E-state index in [1.165, 1.54) is 0 Å². The summed E-state index contributed by atoms with van der Waals surface area (Å²) in [6.07, 6.45) is 0.104. The van der Waals surface area contributed by atoms with Crippen LogP contribution in [0.1, 0.15) is 25.8 Å². The van der Waals surface area contributed by atoms with Gasteiger partial charge in [0.25, 0.3) is 0 Å². The van der Waals surface area contributed by atoms with Crippen LogP contribution in [0.4, 0.5) is 10.5 Å². The molecule has 2 rings (SSSR count). The van der Waals surface area contributed by atoms with Gasteiger partial charge in [-0.25, -0.2) is 4.79 Å². The highest BCUT2D eigenvalue weighted by Crippen LogP contribution is 2.17. The van der Waals surface area contributed by atoms with Crippen molar-refractivity contribution in [2.24, 2.45) is 5.92 Å². The molecule has 138 valence electrons. The largest absolute Gasteiger partial charge is 0.445 e. The predicted molar refractivity (Wildman–Crippen MR) is 103 cm³/mol. The fourth-order valence-electron chi connectivity index (χ4n) is 2.38. The van der Waals surface area contributed by atoms with Crippen LogP contribution in [0.5, 0.6) is 0 Å². The monoisotopic (exact) mass is 374 g/mol. The summed E-state index contributed by atoms with van der Waals surface area (Å²) in [4.78, 5) is 24.7. The number of ether oxygens (including phenoxy) is 1. The fraction of sp³-hybridized carbons (Fsp3) is 0.300. The van der Waals surface area contributed by atoms with Crippen molar-refractivity contribution in [1.29, 1.82) is 0 Å². The molecule has 0 radical (unpaired) electrons. The minimum Gasteiger partial charge on any atom is -0.445 e. The second-order valence-electron chi connectivity index (χ2n) is 6.07. The lowest BCUT2D eigenvalue weighted by Crippen LogP contribution is -2.47. The lowest BCUT2D eigenvalue weighted by Gasteiger charge is -2.23. The van der Waals surface area contributed by atoms with Gasteiger partial charge < -0.3 is 15.4 Å². The number of benzene rings is 2. The number of halogens is 1. The van der Waals surface area contributed by atoms with E-state index in [-0.39, 0.29) is 18.4 Å². The highest BCUT2D eigenvalue weighted by atomic mass is 35.5. The van der Waals surface area contributed by atoms with Gasteiger partial charge in [-0.3, -0.25) is 4.79 Å². The van der Waals surface area contributed by atoms with Crippen LogP contribution in [0.3, 0.4) is 0 Å². The zero-order valence-electron chi connectivity index (χ0n) is 14.9. The Morgan fingerprint density at radius 3 is 2.50 bits per heavy atom. The van der Waals surface area contributed by atoms with Gasteiger partial charge in [-0.2, -0.15) is 0 Å². The van der Waals surface area contributed by atoms with E-state index in [1.807, 2.05) is 44.2 Å². The first-order valence-corrected chi connectivity index (χ1v) is 8.91. The molecule has 0 saturated heterocycles. The Labute approximate surface area is 158 Å². The lowest BCUT2D eigenvalue weighted by molar-refractivity contribution is -0.119. The zero-order valence-corrected chi connectivity index (χ0v) is 15.6. The van der Waals surface area contributed by atoms with Gasteiger partial charge >= 0.3 is 6.09 Å². The second kappa shape index (κ2) is 9.82. The van der Waals surface area contributed by atoms with Crippen LogP contribution in [0, 0.1) is 5.92 Å². The molecule has 0 aliphatic rings. The summed E-state index contributed by atoms with van der Waals surface area (Å²) in [7, 11) is 0. The highest BCUT2D eigenvalue weighted by Gasteiger charge is 2.26. The first-order chi connectivity index (χ1) is 12.5. The van der Waals surface area contributed by atoms with Crippen LogP contribution in [-0.2, 0) is 16.1 Å². The van der Waals surface area contributed by atoms with Crippen LogP contribution >= 0.6 is 11.6 Å². The van der Waals surface area contributed by atoms with E-state index in [9.17, 15) is 9.59 Å². The smallest absolute Gasteiger partial charge is 0.408 e. The lowest BCUT2D eigenvalue weighted by atomic mass is 9.98. The Hall–Kier alpha value is -2.53. The summed E-state index contributed by atoms with van der Waals surface area (Å²) in [6.45, 7) is 4.01. The summed E-state index contributed by atoms with van der Waals surface area (Å²) in [5.74, 6) is -0.364. The average molecular weight is 375 g/mol. The molecule has 0 bridgehead atoms. The summed E-state index contributed by atoms with van der Waals surface area (Å²) in [6, 6.07) is 15.5. The van der Waals surface area contributed by atoms with Gasteiger partial charge in [0.05, 0.1) is 0 Å². The van der Waals surface area contributed by atoms with Gasteiger partial charge in [-0.1, -0.05) is 68.3 Å². The van der Waals surface area contributed by atoms with Crippen molar-refractivity contribution in [1.82, 2.24) is 5.32 Å². The van der Waals surface area contributed by atoms with Gasteiger partial charge in [0, 0.05) is 10.7 Å². The molecular formula is C20H23ClN2O3. The van der Waals surface area contributed by atoms with Gasteiger partial charge in [-0.05, 0) is 29.7 Å². The Morgan fingerprint density at radius 2 is 1.85 bits per heavy atom. The topological polar surface area (TPSA) is 67.4 Å². The Kier molecular flexibility index (Phi) is 7.48. The zero-order chi connectivity index (χ0) is 18.9. The summed E-state index contributed by atoms with van der Waals surface area (Å²) in [5, 5.41) is 5.98. The predicted octanol–water partition coefficient (Wildman–Crippen LogP) is 4.62. The molecule has 2 aromatic carbocycles. The summed E-state index contributed by atoms with van der Waals surface area (Å²) < 4.78 is 5.22. The number of carbonyl (C=O) groups is 2. The maximum absolute atomic E-state index is 12.6. The fourth-order valence-corrected chi connectivity index (χ4v) is 2.57. The van der Waals surface area contributed by atoms with Crippen molar-refractivity contribution in [2.45, 2.75) is 32.9 Å². The second-order valence-corrected chi connectivity index (χ2v) is 6.51. The summed E-state index contributed by atoms with van der Waals surface area (Å²) in [5.41, 5.74) is 1.46. The average Bonchev–Trinajstić information content (AvgIpc) is 2.64. The van der Waals surface area contributed by atoms with E-state index in [4.69, 9.17) is 16.3 Å². The van der Waals surface area contributed by atoms with Gasteiger partial charge in [-0.15, -0.1) is 0 Å². The standard InChI is InChI=1S/C20H23ClN2O3/c1-3-14(2)18(19(24)22-17-11-7-10-16(21)12-17)23-20(25)26-13-15-8-5-4-6-9-15/h4-12,14,18H,3,13H2,1-2H3,(H,22,24)(H,23,25)/t14-,18-/m0/s1. The van der Waals surface area contributed by atoms with E-state index in [0.29, 0.717) is 10.7 Å². The Bertz CT molecular complexity index is 737. The molecule has 0 spiro atoms. The summed E-state index contributed by atoms with van der Waals surface area (Å²) >= 11 is 5.94. The molecule has 0 aromatic heterocycles. The Balaban J connectivity index is 1.97. The number of rotatable bonds is 7. The molecule has 6 heteroatoms. The van der Waals surface area contributed by atoms with Crippen LogP contribution < -0.4 is 10.6 Å². The quantitative estimate of drug-likeness (QED) is 0.743. The van der Waals surface area contributed by atoms with Crippen molar-refractivity contribution < 1.29 is 14.3 Å². The normalized spacial score (nSPS) is 12.7. The number of anilines is 1. The van der Waals surface area contributed by atoms with Crippen molar-refractivity contribution in [2.75, 3.05) is 5.32 Å². The van der Waals surface area contributed by atoms with E-state index in [0.717, 1.165) is 12.0 Å². The minimum absolute atomic E-state index is 0.0570. The maximum Gasteiger partial charge on any atom is 0.408 e.